The molecule has 0 saturated heterocycles. The van der Waals surface area contributed by atoms with Crippen molar-refractivity contribution in [3.05, 3.63) is 35.4 Å². The zero-order valence-electron chi connectivity index (χ0n) is 10.4. The molecule has 1 aromatic rings. The van der Waals surface area contributed by atoms with Crippen molar-refractivity contribution in [3.63, 3.8) is 0 Å². The maximum atomic E-state index is 6.11. The van der Waals surface area contributed by atoms with Crippen LogP contribution in [0.15, 0.2) is 24.3 Å². The van der Waals surface area contributed by atoms with Crippen LogP contribution in [0, 0.1) is 0 Å². The van der Waals surface area contributed by atoms with Crippen LogP contribution in [-0.2, 0) is 11.2 Å². The van der Waals surface area contributed by atoms with Gasteiger partial charge in [0.15, 0.2) is 0 Å². The molecule has 0 aliphatic heterocycles. The molecule has 90 valence electrons. The number of ether oxygens (including phenoxy) is 1. The second-order valence-corrected chi connectivity index (χ2v) is 4.23. The molecule has 0 fully saturated rings. The number of hydrogen-bond acceptors (Lipinski definition) is 2. The van der Waals surface area contributed by atoms with E-state index in [2.05, 4.69) is 31.2 Å². The first-order chi connectivity index (χ1) is 7.77. The van der Waals surface area contributed by atoms with Crippen molar-refractivity contribution in [3.8, 4) is 0 Å². The van der Waals surface area contributed by atoms with Gasteiger partial charge in [0.25, 0.3) is 0 Å². The van der Waals surface area contributed by atoms with Crippen LogP contribution in [0.25, 0.3) is 0 Å². The fourth-order valence-electron chi connectivity index (χ4n) is 1.74. The average molecular weight is 221 g/mol. The Kier molecular flexibility index (Phi) is 6.12. The molecule has 0 aliphatic carbocycles. The molecule has 2 heteroatoms. The zero-order chi connectivity index (χ0) is 11.8. The number of nitrogens with two attached hydrogens (primary N) is 1. The summed E-state index contributed by atoms with van der Waals surface area (Å²) in [6.07, 6.45) is 4.46. The predicted molar refractivity (Wildman–Crippen MR) is 68.5 cm³/mol. The molecule has 0 amide bonds. The van der Waals surface area contributed by atoms with Crippen molar-refractivity contribution in [2.24, 2.45) is 5.73 Å². The van der Waals surface area contributed by atoms with Gasteiger partial charge in [0, 0.05) is 13.2 Å². The quantitative estimate of drug-likeness (QED) is 0.768. The molecular formula is C14H23NO. The fourth-order valence-corrected chi connectivity index (χ4v) is 1.74. The van der Waals surface area contributed by atoms with E-state index in [1.54, 1.807) is 7.11 Å². The minimum atomic E-state index is 0.191. The van der Waals surface area contributed by atoms with Crippen molar-refractivity contribution in [2.45, 2.75) is 38.6 Å². The minimum absolute atomic E-state index is 0.191. The van der Waals surface area contributed by atoms with Gasteiger partial charge in [0.1, 0.15) is 0 Å². The second kappa shape index (κ2) is 7.42. The van der Waals surface area contributed by atoms with Crippen LogP contribution in [0.1, 0.15) is 43.4 Å². The Morgan fingerprint density at radius 3 is 2.50 bits per heavy atom. The third-order valence-electron chi connectivity index (χ3n) is 2.87. The van der Waals surface area contributed by atoms with Crippen molar-refractivity contribution in [2.75, 3.05) is 13.7 Å². The summed E-state index contributed by atoms with van der Waals surface area (Å²) in [6, 6.07) is 8.79. The second-order valence-electron chi connectivity index (χ2n) is 4.23. The minimum Gasteiger partial charge on any atom is -0.384 e. The van der Waals surface area contributed by atoms with Gasteiger partial charge in [0.2, 0.25) is 0 Å². The lowest BCUT2D eigenvalue weighted by Crippen LogP contribution is -2.10. The third-order valence-corrected chi connectivity index (χ3v) is 2.87. The Bertz CT molecular complexity index is 281. The molecule has 1 aromatic carbocycles. The summed E-state index contributed by atoms with van der Waals surface area (Å²) < 4.78 is 5.05. The van der Waals surface area contributed by atoms with Crippen LogP contribution in [0.4, 0.5) is 0 Å². The molecule has 16 heavy (non-hydrogen) atoms. The molecule has 0 radical (unpaired) electrons. The SMILES string of the molecule is CCCCC(N)c1ccc(CCOC)cc1. The van der Waals surface area contributed by atoms with Crippen molar-refractivity contribution in [1.29, 1.82) is 0 Å². The molecule has 2 nitrogen and oxygen atoms in total. The molecule has 1 rings (SSSR count). The number of methoxy groups -OCH3 is 1. The van der Waals surface area contributed by atoms with Crippen LogP contribution in [0.2, 0.25) is 0 Å². The summed E-state index contributed by atoms with van der Waals surface area (Å²) >= 11 is 0. The van der Waals surface area contributed by atoms with Crippen LogP contribution < -0.4 is 5.73 Å². The molecular weight excluding hydrogens is 198 g/mol. The van der Waals surface area contributed by atoms with Gasteiger partial charge in [-0.3, -0.25) is 0 Å². The van der Waals surface area contributed by atoms with Gasteiger partial charge in [-0.15, -0.1) is 0 Å². The molecule has 1 atom stereocenters. The van der Waals surface area contributed by atoms with E-state index >= 15 is 0 Å². The molecule has 0 bridgehead atoms. The van der Waals surface area contributed by atoms with E-state index in [1.807, 2.05) is 0 Å². The summed E-state index contributed by atoms with van der Waals surface area (Å²) in [5.41, 5.74) is 8.66. The lowest BCUT2D eigenvalue weighted by molar-refractivity contribution is 0.202. The van der Waals surface area contributed by atoms with Crippen molar-refractivity contribution in [1.82, 2.24) is 0 Å². The highest BCUT2D eigenvalue weighted by Gasteiger charge is 2.04. The molecule has 1 unspecified atom stereocenters. The maximum Gasteiger partial charge on any atom is 0.0502 e. The first kappa shape index (κ1) is 13.2. The van der Waals surface area contributed by atoms with Crippen LogP contribution >= 0.6 is 0 Å². The van der Waals surface area contributed by atoms with Gasteiger partial charge in [-0.1, -0.05) is 44.0 Å². The number of hydrogen-bond donors (Lipinski definition) is 1. The van der Waals surface area contributed by atoms with E-state index in [9.17, 15) is 0 Å². The van der Waals surface area contributed by atoms with Gasteiger partial charge >= 0.3 is 0 Å². The van der Waals surface area contributed by atoms with Crippen molar-refractivity contribution < 1.29 is 4.74 Å². The topological polar surface area (TPSA) is 35.2 Å². The van der Waals surface area contributed by atoms with Gasteiger partial charge in [0.05, 0.1) is 6.61 Å². The monoisotopic (exact) mass is 221 g/mol. The standard InChI is InChI=1S/C14H23NO/c1-3-4-5-14(15)13-8-6-12(7-9-13)10-11-16-2/h6-9,14H,3-5,10-11,15H2,1-2H3. The predicted octanol–water partition coefficient (Wildman–Crippen LogP) is 3.07. The summed E-state index contributed by atoms with van der Waals surface area (Å²) in [7, 11) is 1.73. The molecule has 0 spiro atoms. The first-order valence-corrected chi connectivity index (χ1v) is 6.11. The van der Waals surface area contributed by atoms with E-state index in [-0.39, 0.29) is 6.04 Å². The highest BCUT2D eigenvalue weighted by molar-refractivity contribution is 5.24. The van der Waals surface area contributed by atoms with Crippen LogP contribution in [0.5, 0.6) is 0 Å². The lowest BCUT2D eigenvalue weighted by atomic mass is 10.0. The maximum absolute atomic E-state index is 6.11. The lowest BCUT2D eigenvalue weighted by Gasteiger charge is -2.12. The first-order valence-electron chi connectivity index (χ1n) is 6.11. The van der Waals surface area contributed by atoms with Gasteiger partial charge in [-0.2, -0.15) is 0 Å². The number of unbranched alkanes of at least 4 members (excludes halogenated alkanes) is 1. The molecule has 2 N–H and O–H groups in total. The third kappa shape index (κ3) is 4.33. The normalized spacial score (nSPS) is 12.7. The average Bonchev–Trinajstić information content (AvgIpc) is 2.34. The highest BCUT2D eigenvalue weighted by atomic mass is 16.5. The Hall–Kier alpha value is -0.860. The molecule has 0 aliphatic rings. The van der Waals surface area contributed by atoms with Crippen molar-refractivity contribution >= 4 is 0 Å². The smallest absolute Gasteiger partial charge is 0.0502 e. The van der Waals surface area contributed by atoms with Crippen LogP contribution in [0.3, 0.4) is 0 Å². The Labute approximate surface area is 98.8 Å². The van der Waals surface area contributed by atoms with Gasteiger partial charge in [-0.05, 0) is 24.0 Å². The Morgan fingerprint density at radius 2 is 1.94 bits per heavy atom. The highest BCUT2D eigenvalue weighted by Crippen LogP contribution is 2.17. The van der Waals surface area contributed by atoms with E-state index in [0.29, 0.717) is 0 Å². The fraction of sp³-hybridized carbons (Fsp3) is 0.571. The Morgan fingerprint density at radius 1 is 1.25 bits per heavy atom. The number of rotatable bonds is 7. The van der Waals surface area contributed by atoms with E-state index in [0.717, 1.165) is 19.4 Å². The van der Waals surface area contributed by atoms with E-state index in [1.165, 1.54) is 24.0 Å². The Balaban J connectivity index is 2.49. The summed E-state index contributed by atoms with van der Waals surface area (Å²) in [5, 5.41) is 0. The van der Waals surface area contributed by atoms with E-state index in [4.69, 9.17) is 10.5 Å². The van der Waals surface area contributed by atoms with E-state index < -0.39 is 0 Å². The molecule has 0 saturated carbocycles. The molecule has 0 aromatic heterocycles. The summed E-state index contributed by atoms with van der Waals surface area (Å²) in [5.74, 6) is 0. The van der Waals surface area contributed by atoms with Crippen LogP contribution in [-0.4, -0.2) is 13.7 Å². The summed E-state index contributed by atoms with van der Waals surface area (Å²) in [4.78, 5) is 0. The van der Waals surface area contributed by atoms with Gasteiger partial charge in [-0.25, -0.2) is 0 Å². The summed E-state index contributed by atoms with van der Waals surface area (Å²) in [6.45, 7) is 2.97. The van der Waals surface area contributed by atoms with Gasteiger partial charge < -0.3 is 10.5 Å². The largest absolute Gasteiger partial charge is 0.384 e. The zero-order valence-corrected chi connectivity index (χ0v) is 10.4. The number of benzene rings is 1. The molecule has 0 heterocycles.